The van der Waals surface area contributed by atoms with Crippen molar-refractivity contribution in [3.05, 3.63) is 83.2 Å². The van der Waals surface area contributed by atoms with Crippen LogP contribution in [0.1, 0.15) is 51.8 Å². The van der Waals surface area contributed by atoms with Gasteiger partial charge < -0.3 is 10.4 Å². The van der Waals surface area contributed by atoms with Gasteiger partial charge >= 0.3 is 5.97 Å². The molecule has 1 saturated carbocycles. The predicted octanol–water partition coefficient (Wildman–Crippen LogP) is 4.92. The number of fused-ring (bicyclic) bond motifs is 1. The van der Waals surface area contributed by atoms with E-state index in [1.807, 2.05) is 0 Å². The molecular formula is C25H25N3O2. The molecule has 5 heteroatoms. The lowest BCUT2D eigenvalue weighted by Crippen LogP contribution is -2.24. The third kappa shape index (κ3) is 3.46. The maximum Gasteiger partial charge on any atom is 0.337 e. The van der Waals surface area contributed by atoms with Gasteiger partial charge in [0.05, 0.1) is 23.5 Å². The Hall–Kier alpha value is -3.18. The Labute approximate surface area is 176 Å². The zero-order valence-corrected chi connectivity index (χ0v) is 17.0. The average Bonchev–Trinajstić information content (AvgIpc) is 3.55. The summed E-state index contributed by atoms with van der Waals surface area (Å²) in [6.45, 7) is 1.52. The Bertz CT molecular complexity index is 1110. The number of hydrogen-bond donors (Lipinski definition) is 2. The average molecular weight is 399 g/mol. The van der Waals surface area contributed by atoms with Crippen LogP contribution in [0.25, 0.3) is 11.1 Å². The van der Waals surface area contributed by atoms with Gasteiger partial charge in [-0.05, 0) is 65.8 Å². The number of likely N-dealkylation sites (N-methyl/N-ethyl adjacent to an activating group) is 1. The SMILES string of the molecule is CN1Cc2cc(-c3ccccc3C3CC3)ccc2C1CNc1cnccc1C(=O)O. The predicted molar refractivity (Wildman–Crippen MR) is 118 cm³/mol. The van der Waals surface area contributed by atoms with Gasteiger partial charge in [-0.3, -0.25) is 9.88 Å². The van der Waals surface area contributed by atoms with E-state index in [0.717, 1.165) is 12.5 Å². The number of pyridine rings is 1. The fourth-order valence-corrected chi connectivity index (χ4v) is 4.56. The molecule has 5 nitrogen and oxygen atoms in total. The molecule has 1 unspecified atom stereocenters. The number of hydrogen-bond acceptors (Lipinski definition) is 4. The van der Waals surface area contributed by atoms with Crippen molar-refractivity contribution in [3.8, 4) is 11.1 Å². The van der Waals surface area contributed by atoms with E-state index in [1.54, 1.807) is 6.20 Å². The summed E-state index contributed by atoms with van der Waals surface area (Å²) in [5.74, 6) is -0.226. The van der Waals surface area contributed by atoms with E-state index < -0.39 is 5.97 Å². The number of anilines is 1. The van der Waals surface area contributed by atoms with Crippen LogP contribution in [0.15, 0.2) is 60.9 Å². The lowest BCUT2D eigenvalue weighted by atomic mass is 9.93. The highest BCUT2D eigenvalue weighted by Crippen LogP contribution is 2.45. The minimum Gasteiger partial charge on any atom is -0.478 e. The molecule has 1 aliphatic carbocycles. The number of aromatic nitrogens is 1. The van der Waals surface area contributed by atoms with E-state index in [-0.39, 0.29) is 11.6 Å². The van der Waals surface area contributed by atoms with E-state index in [1.165, 1.54) is 52.9 Å². The number of carbonyl (C=O) groups is 1. The summed E-state index contributed by atoms with van der Waals surface area (Å²) >= 11 is 0. The molecule has 1 aromatic heterocycles. The van der Waals surface area contributed by atoms with E-state index in [9.17, 15) is 9.90 Å². The molecule has 0 bridgehead atoms. The summed E-state index contributed by atoms with van der Waals surface area (Å²) in [5, 5.41) is 12.7. The largest absolute Gasteiger partial charge is 0.478 e. The summed E-state index contributed by atoms with van der Waals surface area (Å²) < 4.78 is 0. The second-order valence-electron chi connectivity index (χ2n) is 8.31. The highest BCUT2D eigenvalue weighted by Gasteiger charge is 2.29. The van der Waals surface area contributed by atoms with Gasteiger partial charge in [-0.15, -0.1) is 0 Å². The van der Waals surface area contributed by atoms with Crippen LogP contribution in [0.2, 0.25) is 0 Å². The van der Waals surface area contributed by atoms with Crippen molar-refractivity contribution in [2.75, 3.05) is 18.9 Å². The standard InChI is InChI=1S/C25H25N3O2/c1-28-15-18-12-17(20-5-3-2-4-19(20)16-6-7-16)8-9-21(18)24(28)14-27-23-13-26-11-10-22(23)25(29)30/h2-5,8-13,16,24,27H,6-7,14-15H2,1H3,(H,29,30). The van der Waals surface area contributed by atoms with Crippen LogP contribution in [0.5, 0.6) is 0 Å². The minimum absolute atomic E-state index is 0.189. The smallest absolute Gasteiger partial charge is 0.337 e. The topological polar surface area (TPSA) is 65.5 Å². The first-order chi connectivity index (χ1) is 14.6. The normalized spacial score (nSPS) is 18.2. The summed E-state index contributed by atoms with van der Waals surface area (Å²) in [5.41, 5.74) is 7.57. The van der Waals surface area contributed by atoms with Crippen molar-refractivity contribution in [1.82, 2.24) is 9.88 Å². The highest BCUT2D eigenvalue weighted by atomic mass is 16.4. The van der Waals surface area contributed by atoms with Crippen molar-refractivity contribution in [1.29, 1.82) is 0 Å². The van der Waals surface area contributed by atoms with Gasteiger partial charge in [-0.2, -0.15) is 0 Å². The maximum atomic E-state index is 11.5. The number of rotatable bonds is 6. The number of aromatic carboxylic acids is 1. The lowest BCUT2D eigenvalue weighted by molar-refractivity contribution is 0.0697. The van der Waals surface area contributed by atoms with Crippen molar-refractivity contribution < 1.29 is 9.90 Å². The van der Waals surface area contributed by atoms with Gasteiger partial charge in [0.15, 0.2) is 0 Å². The number of nitrogens with zero attached hydrogens (tertiary/aromatic N) is 2. The van der Waals surface area contributed by atoms with Gasteiger partial charge in [0.25, 0.3) is 0 Å². The Morgan fingerprint density at radius 2 is 2.00 bits per heavy atom. The van der Waals surface area contributed by atoms with Crippen molar-refractivity contribution in [3.63, 3.8) is 0 Å². The Morgan fingerprint density at radius 1 is 1.17 bits per heavy atom. The van der Waals surface area contributed by atoms with Crippen LogP contribution >= 0.6 is 0 Å². The van der Waals surface area contributed by atoms with Crippen molar-refractivity contribution in [2.45, 2.75) is 31.3 Å². The third-order valence-electron chi connectivity index (χ3n) is 6.28. The molecule has 1 atom stereocenters. The molecule has 0 radical (unpaired) electrons. The number of carboxylic acid groups (broad SMARTS) is 1. The zero-order chi connectivity index (χ0) is 20.7. The van der Waals surface area contributed by atoms with Crippen LogP contribution in [-0.4, -0.2) is 34.6 Å². The molecule has 5 rings (SSSR count). The summed E-state index contributed by atoms with van der Waals surface area (Å²) in [6, 6.07) is 17.3. The van der Waals surface area contributed by atoms with E-state index in [4.69, 9.17) is 0 Å². The molecule has 2 aliphatic rings. The Morgan fingerprint density at radius 3 is 2.80 bits per heavy atom. The van der Waals surface area contributed by atoms with Crippen molar-refractivity contribution in [2.24, 2.45) is 0 Å². The monoisotopic (exact) mass is 399 g/mol. The molecule has 0 saturated heterocycles. The first kappa shape index (κ1) is 18.8. The van der Waals surface area contributed by atoms with Crippen LogP contribution in [0.4, 0.5) is 5.69 Å². The third-order valence-corrected chi connectivity index (χ3v) is 6.28. The molecule has 2 heterocycles. The maximum absolute atomic E-state index is 11.5. The van der Waals surface area contributed by atoms with Gasteiger partial charge in [0.1, 0.15) is 0 Å². The van der Waals surface area contributed by atoms with Crippen LogP contribution in [-0.2, 0) is 6.54 Å². The molecule has 152 valence electrons. The van der Waals surface area contributed by atoms with E-state index >= 15 is 0 Å². The summed E-state index contributed by atoms with van der Waals surface area (Å²) in [7, 11) is 2.12. The van der Waals surface area contributed by atoms with Gasteiger partial charge in [0, 0.05) is 19.3 Å². The van der Waals surface area contributed by atoms with E-state index in [2.05, 4.69) is 64.7 Å². The molecule has 2 aromatic carbocycles. The highest BCUT2D eigenvalue weighted by molar-refractivity contribution is 5.93. The quantitative estimate of drug-likeness (QED) is 0.616. The number of nitrogens with one attached hydrogen (secondary N) is 1. The second kappa shape index (κ2) is 7.58. The molecule has 1 aliphatic heterocycles. The molecular weight excluding hydrogens is 374 g/mol. The summed E-state index contributed by atoms with van der Waals surface area (Å²) in [4.78, 5) is 17.8. The Kier molecular flexibility index (Phi) is 4.75. The molecule has 2 N–H and O–H groups in total. The fraction of sp³-hybridized carbons (Fsp3) is 0.280. The second-order valence-corrected chi connectivity index (χ2v) is 8.31. The lowest BCUT2D eigenvalue weighted by Gasteiger charge is -2.22. The molecule has 1 fully saturated rings. The first-order valence-corrected chi connectivity index (χ1v) is 10.5. The van der Waals surface area contributed by atoms with Crippen LogP contribution in [0, 0.1) is 0 Å². The summed E-state index contributed by atoms with van der Waals surface area (Å²) in [6.07, 6.45) is 5.68. The minimum atomic E-state index is -0.945. The molecule has 3 aromatic rings. The van der Waals surface area contributed by atoms with Gasteiger partial charge in [0.2, 0.25) is 0 Å². The Balaban J connectivity index is 1.40. The van der Waals surface area contributed by atoms with Crippen molar-refractivity contribution >= 4 is 11.7 Å². The number of benzene rings is 2. The van der Waals surface area contributed by atoms with Gasteiger partial charge in [-0.1, -0.05) is 36.4 Å². The first-order valence-electron chi connectivity index (χ1n) is 10.5. The fourth-order valence-electron chi connectivity index (χ4n) is 4.56. The van der Waals surface area contributed by atoms with Gasteiger partial charge in [-0.25, -0.2) is 4.79 Å². The zero-order valence-electron chi connectivity index (χ0n) is 17.0. The number of carboxylic acids is 1. The molecule has 30 heavy (non-hydrogen) atoms. The van der Waals surface area contributed by atoms with Crippen LogP contribution in [0.3, 0.4) is 0 Å². The molecule has 0 amide bonds. The van der Waals surface area contributed by atoms with Crippen LogP contribution < -0.4 is 5.32 Å². The van der Waals surface area contributed by atoms with E-state index in [0.29, 0.717) is 12.2 Å². The molecule has 0 spiro atoms.